The zero-order chi connectivity index (χ0) is 19.4. The fraction of sp³-hybridized carbons (Fsp3) is 0.600. The number of ether oxygens (including phenoxy) is 1. The van der Waals surface area contributed by atoms with Crippen LogP contribution >= 0.6 is 11.3 Å². The van der Waals surface area contributed by atoms with Crippen LogP contribution < -0.4 is 10.2 Å². The Morgan fingerprint density at radius 1 is 1.37 bits per heavy atom. The van der Waals surface area contributed by atoms with E-state index in [2.05, 4.69) is 28.3 Å². The van der Waals surface area contributed by atoms with Crippen LogP contribution in [0.3, 0.4) is 0 Å². The molecule has 1 N–H and O–H groups in total. The van der Waals surface area contributed by atoms with Gasteiger partial charge in [-0.25, -0.2) is 0 Å². The van der Waals surface area contributed by atoms with E-state index in [1.54, 1.807) is 18.4 Å². The van der Waals surface area contributed by atoms with Gasteiger partial charge in [-0.05, 0) is 56.7 Å². The molecule has 27 heavy (non-hydrogen) atoms. The summed E-state index contributed by atoms with van der Waals surface area (Å²) in [5.74, 6) is 0.0268. The molecule has 0 fully saturated rings. The van der Waals surface area contributed by atoms with Crippen LogP contribution in [0.2, 0.25) is 0 Å². The predicted molar refractivity (Wildman–Crippen MR) is 110 cm³/mol. The van der Waals surface area contributed by atoms with Crippen LogP contribution in [0.15, 0.2) is 6.07 Å². The van der Waals surface area contributed by atoms with E-state index >= 15 is 0 Å². The third-order valence-electron chi connectivity index (χ3n) is 5.31. The van der Waals surface area contributed by atoms with E-state index in [4.69, 9.17) is 4.74 Å². The van der Waals surface area contributed by atoms with Crippen LogP contribution in [0.5, 0.6) is 0 Å². The summed E-state index contributed by atoms with van der Waals surface area (Å²) in [5, 5.41) is 8.77. The number of nitrogens with one attached hydrogen (secondary N) is 1. The molecule has 7 heteroatoms. The number of aromatic nitrogens is 2. The Balaban J connectivity index is 1.63. The molecule has 2 aromatic heterocycles. The van der Waals surface area contributed by atoms with Crippen molar-refractivity contribution in [3.63, 3.8) is 0 Å². The molecule has 0 saturated heterocycles. The van der Waals surface area contributed by atoms with E-state index in [0.717, 1.165) is 36.5 Å². The number of rotatable bonds is 7. The first-order valence-corrected chi connectivity index (χ1v) is 10.5. The molecule has 0 saturated carbocycles. The van der Waals surface area contributed by atoms with Gasteiger partial charge in [0.05, 0.1) is 22.2 Å². The SMILES string of the molecule is COCCN1CCCCc2cc(C(=O)NCCc3c(C)nn(C)c3C)sc21. The van der Waals surface area contributed by atoms with Gasteiger partial charge in [-0.15, -0.1) is 11.3 Å². The normalized spacial score (nSPS) is 14.1. The maximum absolute atomic E-state index is 12.7. The molecule has 2 aromatic rings. The highest BCUT2D eigenvalue weighted by Gasteiger charge is 2.21. The van der Waals surface area contributed by atoms with Crippen molar-refractivity contribution in [1.29, 1.82) is 0 Å². The van der Waals surface area contributed by atoms with E-state index in [-0.39, 0.29) is 5.91 Å². The van der Waals surface area contributed by atoms with Crippen LogP contribution in [0.25, 0.3) is 0 Å². The molecule has 0 radical (unpaired) electrons. The minimum Gasteiger partial charge on any atom is -0.383 e. The van der Waals surface area contributed by atoms with Gasteiger partial charge in [0.1, 0.15) is 0 Å². The van der Waals surface area contributed by atoms with Crippen molar-refractivity contribution in [2.24, 2.45) is 7.05 Å². The van der Waals surface area contributed by atoms with Crippen LogP contribution in [0, 0.1) is 13.8 Å². The van der Waals surface area contributed by atoms with Crippen LogP contribution in [-0.2, 0) is 24.6 Å². The van der Waals surface area contributed by atoms with Crippen LogP contribution in [-0.4, -0.2) is 49.0 Å². The van der Waals surface area contributed by atoms with Crippen molar-refractivity contribution in [3.05, 3.63) is 33.5 Å². The summed E-state index contributed by atoms with van der Waals surface area (Å²) in [6.45, 7) is 7.35. The molecule has 0 bridgehead atoms. The number of carbonyl (C=O) groups is 1. The maximum Gasteiger partial charge on any atom is 0.261 e. The first-order valence-electron chi connectivity index (χ1n) is 9.65. The average molecular weight is 391 g/mol. The van der Waals surface area contributed by atoms with E-state index < -0.39 is 0 Å². The van der Waals surface area contributed by atoms with Gasteiger partial charge in [-0.1, -0.05) is 0 Å². The van der Waals surface area contributed by atoms with Crippen molar-refractivity contribution >= 4 is 22.2 Å². The molecule has 0 unspecified atom stereocenters. The number of amides is 1. The Kier molecular flexibility index (Phi) is 6.55. The van der Waals surface area contributed by atoms with Crippen molar-refractivity contribution < 1.29 is 9.53 Å². The van der Waals surface area contributed by atoms with Gasteiger partial charge in [0.25, 0.3) is 5.91 Å². The van der Waals surface area contributed by atoms with Gasteiger partial charge in [-0.2, -0.15) is 5.10 Å². The topological polar surface area (TPSA) is 59.4 Å². The number of anilines is 1. The summed E-state index contributed by atoms with van der Waals surface area (Å²) in [6.07, 6.45) is 4.23. The third kappa shape index (κ3) is 4.52. The summed E-state index contributed by atoms with van der Waals surface area (Å²) >= 11 is 1.61. The zero-order valence-electron chi connectivity index (χ0n) is 16.8. The highest BCUT2D eigenvalue weighted by Crippen LogP contribution is 2.35. The molecule has 0 aromatic carbocycles. The number of carbonyl (C=O) groups excluding carboxylic acids is 1. The number of methoxy groups -OCH3 is 1. The number of fused-ring (bicyclic) bond motifs is 1. The fourth-order valence-corrected chi connectivity index (χ4v) is 4.86. The summed E-state index contributed by atoms with van der Waals surface area (Å²) < 4.78 is 7.15. The van der Waals surface area contributed by atoms with Crippen molar-refractivity contribution in [3.8, 4) is 0 Å². The second kappa shape index (κ2) is 8.89. The van der Waals surface area contributed by atoms with Gasteiger partial charge in [-0.3, -0.25) is 9.48 Å². The standard InChI is InChI=1S/C20H30N4O2S/c1-14-17(15(2)23(3)22-14)8-9-21-19(25)18-13-16-7-5-6-10-24(11-12-26-4)20(16)27-18/h13H,5-12H2,1-4H3,(H,21,25). The number of hydrogen-bond donors (Lipinski definition) is 1. The number of nitrogens with zero attached hydrogens (tertiary/aromatic N) is 3. The van der Waals surface area contributed by atoms with Crippen LogP contribution in [0.4, 0.5) is 5.00 Å². The Labute approximate surface area is 165 Å². The van der Waals surface area contributed by atoms with Crippen molar-refractivity contribution in [1.82, 2.24) is 15.1 Å². The molecule has 148 valence electrons. The van der Waals surface area contributed by atoms with Crippen molar-refractivity contribution in [2.75, 3.05) is 38.3 Å². The summed E-state index contributed by atoms with van der Waals surface area (Å²) in [5.41, 5.74) is 4.74. The molecule has 6 nitrogen and oxygen atoms in total. The molecule has 0 aliphatic carbocycles. The zero-order valence-corrected chi connectivity index (χ0v) is 17.6. The van der Waals surface area contributed by atoms with E-state index in [0.29, 0.717) is 13.2 Å². The Hall–Kier alpha value is -1.86. The number of hydrogen-bond acceptors (Lipinski definition) is 5. The van der Waals surface area contributed by atoms with Crippen LogP contribution in [0.1, 0.15) is 45.0 Å². The van der Waals surface area contributed by atoms with Crippen molar-refractivity contribution in [2.45, 2.75) is 39.5 Å². The molecule has 0 spiro atoms. The molecule has 1 amide bonds. The third-order valence-corrected chi connectivity index (χ3v) is 6.54. The smallest absolute Gasteiger partial charge is 0.261 e. The quantitative estimate of drug-likeness (QED) is 0.790. The fourth-order valence-electron chi connectivity index (χ4n) is 3.68. The second-order valence-corrected chi connectivity index (χ2v) is 8.19. The van der Waals surface area contributed by atoms with E-state index in [1.807, 2.05) is 18.7 Å². The first kappa shape index (κ1) is 19.9. The number of thiophene rings is 1. The lowest BCUT2D eigenvalue weighted by atomic mass is 10.1. The van der Waals surface area contributed by atoms with E-state index in [1.165, 1.54) is 34.7 Å². The van der Waals surface area contributed by atoms with E-state index in [9.17, 15) is 4.79 Å². The highest BCUT2D eigenvalue weighted by molar-refractivity contribution is 7.18. The summed E-state index contributed by atoms with van der Waals surface area (Å²) in [6, 6.07) is 2.08. The largest absolute Gasteiger partial charge is 0.383 e. The summed E-state index contributed by atoms with van der Waals surface area (Å²) in [7, 11) is 3.69. The molecule has 3 rings (SSSR count). The first-order chi connectivity index (χ1) is 13.0. The number of aryl methyl sites for hydroxylation is 3. The lowest BCUT2D eigenvalue weighted by Crippen LogP contribution is -2.27. The van der Waals surface area contributed by atoms with Gasteiger partial charge in [0.2, 0.25) is 0 Å². The summed E-state index contributed by atoms with van der Waals surface area (Å²) in [4.78, 5) is 15.8. The minimum absolute atomic E-state index is 0.0268. The second-order valence-electron chi connectivity index (χ2n) is 7.16. The molecule has 3 heterocycles. The average Bonchev–Trinajstić information content (AvgIpc) is 3.10. The van der Waals surface area contributed by atoms with Gasteiger partial charge < -0.3 is 15.0 Å². The predicted octanol–water partition coefficient (Wildman–Crippen LogP) is 2.86. The Morgan fingerprint density at radius 2 is 2.19 bits per heavy atom. The molecular weight excluding hydrogens is 360 g/mol. The lowest BCUT2D eigenvalue weighted by molar-refractivity contribution is 0.0958. The highest BCUT2D eigenvalue weighted by atomic mass is 32.1. The van der Waals surface area contributed by atoms with Gasteiger partial charge in [0, 0.05) is 39.5 Å². The van der Waals surface area contributed by atoms with Gasteiger partial charge >= 0.3 is 0 Å². The Bertz CT molecular complexity index is 796. The molecule has 0 atom stereocenters. The monoisotopic (exact) mass is 390 g/mol. The molecule has 1 aliphatic rings. The maximum atomic E-state index is 12.7. The lowest BCUT2D eigenvalue weighted by Gasteiger charge is -2.21. The van der Waals surface area contributed by atoms with Gasteiger partial charge in [0.15, 0.2) is 0 Å². The Morgan fingerprint density at radius 3 is 2.89 bits per heavy atom. The molecule has 1 aliphatic heterocycles. The molecular formula is C20H30N4O2S. The minimum atomic E-state index is 0.0268.